The summed E-state index contributed by atoms with van der Waals surface area (Å²) in [5.74, 6) is -1.09. The molecule has 0 saturated carbocycles. The Morgan fingerprint density at radius 3 is 2.65 bits per heavy atom. The molecule has 1 unspecified atom stereocenters. The summed E-state index contributed by atoms with van der Waals surface area (Å²) in [6.07, 6.45) is -1.27. The summed E-state index contributed by atoms with van der Waals surface area (Å²) in [7, 11) is 0. The monoisotopic (exact) mass is 354 g/mol. The van der Waals surface area contributed by atoms with Crippen molar-refractivity contribution >= 4 is 29.2 Å². The summed E-state index contributed by atoms with van der Waals surface area (Å²) in [5, 5.41) is 5.29. The molecule has 0 saturated heterocycles. The van der Waals surface area contributed by atoms with Gasteiger partial charge < -0.3 is 20.1 Å². The molecule has 134 valence electrons. The number of aryl methyl sites for hydroxylation is 1. The third-order valence-corrected chi connectivity index (χ3v) is 3.76. The molecule has 1 aliphatic heterocycles. The third-order valence-electron chi connectivity index (χ3n) is 3.76. The first kappa shape index (κ1) is 17.5. The first-order valence-electron chi connectivity index (χ1n) is 8.10. The fraction of sp³-hybridized carbons (Fsp3) is 0.211. The first-order chi connectivity index (χ1) is 12.5. The minimum Gasteiger partial charge on any atom is -0.478 e. The minimum atomic E-state index is -0.988. The maximum atomic E-state index is 12.0. The van der Waals surface area contributed by atoms with E-state index in [9.17, 15) is 14.4 Å². The van der Waals surface area contributed by atoms with Gasteiger partial charge in [-0.25, -0.2) is 0 Å². The second kappa shape index (κ2) is 7.69. The van der Waals surface area contributed by atoms with Crippen molar-refractivity contribution in [3.8, 4) is 5.75 Å². The van der Waals surface area contributed by atoms with E-state index in [0.29, 0.717) is 17.1 Å². The molecule has 0 radical (unpaired) electrons. The van der Waals surface area contributed by atoms with Crippen LogP contribution in [0.3, 0.4) is 0 Å². The van der Waals surface area contributed by atoms with Gasteiger partial charge in [0, 0.05) is 5.69 Å². The first-order valence-corrected chi connectivity index (χ1v) is 8.10. The zero-order valence-corrected chi connectivity index (χ0v) is 14.2. The van der Waals surface area contributed by atoms with Crippen LogP contribution in [0.4, 0.5) is 11.4 Å². The molecule has 26 heavy (non-hydrogen) atoms. The van der Waals surface area contributed by atoms with E-state index < -0.39 is 30.5 Å². The van der Waals surface area contributed by atoms with Gasteiger partial charge in [0.2, 0.25) is 0 Å². The van der Waals surface area contributed by atoms with E-state index in [1.807, 2.05) is 19.1 Å². The summed E-state index contributed by atoms with van der Waals surface area (Å²) >= 11 is 0. The standard InChI is InChI=1S/C19H18N2O5/c1-12-6-8-13(9-7-12)20-17(22)11-25-18(23)10-16-19(24)21-14-4-2-3-5-15(14)26-16/h2-9,16H,10-11H2,1H3,(H,20,22)(H,21,24). The van der Waals surface area contributed by atoms with Crippen molar-refractivity contribution in [2.45, 2.75) is 19.4 Å². The highest BCUT2D eigenvalue weighted by Gasteiger charge is 2.30. The zero-order chi connectivity index (χ0) is 18.5. The fourth-order valence-corrected chi connectivity index (χ4v) is 2.42. The summed E-state index contributed by atoms with van der Waals surface area (Å²) < 4.78 is 10.4. The molecule has 2 N–H and O–H groups in total. The Kier molecular flexibility index (Phi) is 5.17. The highest BCUT2D eigenvalue weighted by molar-refractivity contribution is 5.99. The molecule has 2 aromatic carbocycles. The van der Waals surface area contributed by atoms with Gasteiger partial charge in [-0.1, -0.05) is 29.8 Å². The molecule has 1 atom stereocenters. The summed E-state index contributed by atoms with van der Waals surface area (Å²) in [6.45, 7) is 1.51. The molecule has 1 aliphatic rings. The molecule has 0 aromatic heterocycles. The minimum absolute atomic E-state index is 0.280. The Morgan fingerprint density at radius 1 is 1.15 bits per heavy atom. The van der Waals surface area contributed by atoms with Crippen LogP contribution >= 0.6 is 0 Å². The number of carbonyl (C=O) groups excluding carboxylic acids is 3. The van der Waals surface area contributed by atoms with Gasteiger partial charge in [0.1, 0.15) is 5.75 Å². The molecule has 2 amide bonds. The van der Waals surface area contributed by atoms with E-state index >= 15 is 0 Å². The second-order valence-electron chi connectivity index (χ2n) is 5.87. The van der Waals surface area contributed by atoms with E-state index in [1.54, 1.807) is 36.4 Å². The predicted octanol–water partition coefficient (Wildman–Crippen LogP) is 2.27. The van der Waals surface area contributed by atoms with Crippen LogP contribution < -0.4 is 15.4 Å². The average Bonchev–Trinajstić information content (AvgIpc) is 2.62. The van der Waals surface area contributed by atoms with Gasteiger partial charge >= 0.3 is 5.97 Å². The van der Waals surface area contributed by atoms with Crippen LogP contribution in [0.25, 0.3) is 0 Å². The third kappa shape index (κ3) is 4.38. The predicted molar refractivity (Wildman–Crippen MR) is 94.9 cm³/mol. The van der Waals surface area contributed by atoms with Crippen molar-refractivity contribution in [1.82, 2.24) is 0 Å². The zero-order valence-electron chi connectivity index (χ0n) is 14.2. The summed E-state index contributed by atoms with van der Waals surface area (Å²) in [6, 6.07) is 14.2. The molecular weight excluding hydrogens is 336 g/mol. The second-order valence-corrected chi connectivity index (χ2v) is 5.87. The lowest BCUT2D eigenvalue weighted by Gasteiger charge is -2.25. The Bertz CT molecular complexity index is 832. The van der Waals surface area contributed by atoms with Crippen LogP contribution in [0.1, 0.15) is 12.0 Å². The van der Waals surface area contributed by atoms with Gasteiger partial charge in [-0.2, -0.15) is 0 Å². The normalized spacial score (nSPS) is 15.3. The number of amides is 2. The number of benzene rings is 2. The Morgan fingerprint density at radius 2 is 1.88 bits per heavy atom. The van der Waals surface area contributed by atoms with Crippen LogP contribution in [0.2, 0.25) is 0 Å². The lowest BCUT2D eigenvalue weighted by molar-refractivity contribution is -0.150. The van der Waals surface area contributed by atoms with Gasteiger partial charge in [0.25, 0.3) is 11.8 Å². The maximum absolute atomic E-state index is 12.0. The highest BCUT2D eigenvalue weighted by atomic mass is 16.5. The lowest BCUT2D eigenvalue weighted by atomic mass is 10.1. The van der Waals surface area contributed by atoms with E-state index in [4.69, 9.17) is 9.47 Å². The highest BCUT2D eigenvalue weighted by Crippen LogP contribution is 2.29. The van der Waals surface area contributed by atoms with Crippen molar-refractivity contribution in [2.75, 3.05) is 17.2 Å². The van der Waals surface area contributed by atoms with Crippen LogP contribution in [0.5, 0.6) is 5.75 Å². The smallest absolute Gasteiger partial charge is 0.310 e. The molecule has 0 fully saturated rings. The lowest BCUT2D eigenvalue weighted by Crippen LogP contribution is -2.39. The van der Waals surface area contributed by atoms with E-state index in [2.05, 4.69) is 10.6 Å². The number of anilines is 2. The van der Waals surface area contributed by atoms with Crippen molar-refractivity contribution in [1.29, 1.82) is 0 Å². The molecule has 7 nitrogen and oxygen atoms in total. The van der Waals surface area contributed by atoms with Crippen molar-refractivity contribution in [2.24, 2.45) is 0 Å². The van der Waals surface area contributed by atoms with Crippen LogP contribution in [0.15, 0.2) is 48.5 Å². The Labute approximate surface area is 150 Å². The molecule has 1 heterocycles. The van der Waals surface area contributed by atoms with Gasteiger partial charge in [-0.15, -0.1) is 0 Å². The fourth-order valence-electron chi connectivity index (χ4n) is 2.42. The van der Waals surface area contributed by atoms with Crippen molar-refractivity contribution in [3.63, 3.8) is 0 Å². The van der Waals surface area contributed by atoms with Gasteiger partial charge in [0.15, 0.2) is 12.7 Å². The number of rotatable bonds is 5. The number of nitrogens with one attached hydrogen (secondary N) is 2. The number of carbonyl (C=O) groups is 3. The van der Waals surface area contributed by atoms with Crippen molar-refractivity contribution < 1.29 is 23.9 Å². The van der Waals surface area contributed by atoms with Crippen LogP contribution in [-0.2, 0) is 19.1 Å². The summed E-state index contributed by atoms with van der Waals surface area (Å²) in [5.41, 5.74) is 2.24. The number of ether oxygens (including phenoxy) is 2. The Balaban J connectivity index is 1.47. The molecule has 0 bridgehead atoms. The molecule has 3 rings (SSSR count). The number of para-hydroxylation sites is 2. The van der Waals surface area contributed by atoms with E-state index in [0.717, 1.165) is 5.56 Å². The molecule has 0 spiro atoms. The SMILES string of the molecule is Cc1ccc(NC(=O)COC(=O)CC2Oc3ccccc3NC2=O)cc1. The van der Waals surface area contributed by atoms with E-state index in [-0.39, 0.29) is 6.42 Å². The maximum Gasteiger partial charge on any atom is 0.310 e. The summed E-state index contributed by atoms with van der Waals surface area (Å²) in [4.78, 5) is 35.7. The molecule has 2 aromatic rings. The molecule has 7 heteroatoms. The van der Waals surface area contributed by atoms with Gasteiger partial charge in [-0.3, -0.25) is 14.4 Å². The number of hydrogen-bond donors (Lipinski definition) is 2. The molecular formula is C19H18N2O5. The quantitative estimate of drug-likeness (QED) is 0.804. The number of hydrogen-bond acceptors (Lipinski definition) is 5. The number of esters is 1. The molecule has 0 aliphatic carbocycles. The number of fused-ring (bicyclic) bond motifs is 1. The largest absolute Gasteiger partial charge is 0.478 e. The van der Waals surface area contributed by atoms with Crippen molar-refractivity contribution in [3.05, 3.63) is 54.1 Å². The van der Waals surface area contributed by atoms with Crippen LogP contribution in [0, 0.1) is 6.92 Å². The van der Waals surface area contributed by atoms with E-state index in [1.165, 1.54) is 0 Å². The van der Waals surface area contributed by atoms with Gasteiger partial charge in [-0.05, 0) is 31.2 Å². The van der Waals surface area contributed by atoms with Crippen LogP contribution in [-0.4, -0.2) is 30.5 Å². The Hall–Kier alpha value is -3.35. The average molecular weight is 354 g/mol. The van der Waals surface area contributed by atoms with Gasteiger partial charge in [0.05, 0.1) is 12.1 Å². The topological polar surface area (TPSA) is 93.7 Å².